The number of hydrogen-bond acceptors (Lipinski definition) is 5. The van der Waals surface area contributed by atoms with Crippen molar-refractivity contribution in [2.24, 2.45) is 0 Å². The minimum atomic E-state index is -1.29. The Hall–Kier alpha value is -1.47. The number of carbonyl (C=O) groups is 1. The van der Waals surface area contributed by atoms with Crippen molar-refractivity contribution in [1.29, 1.82) is 0 Å². The molecule has 0 saturated heterocycles. The van der Waals surface area contributed by atoms with Crippen LogP contribution in [0.25, 0.3) is 0 Å². The Morgan fingerprint density at radius 2 is 0.811 bits per heavy atom. The van der Waals surface area contributed by atoms with Gasteiger partial charge in [-0.2, -0.15) is 0 Å². The van der Waals surface area contributed by atoms with Gasteiger partial charge in [0, 0.05) is 0 Å². The van der Waals surface area contributed by atoms with Crippen LogP contribution in [0, 0.1) is 0 Å². The number of amides is 1. The number of unbranched alkanes of at least 4 members (excludes halogenated alkanes) is 26. The quantitative estimate of drug-likeness (QED) is 0.0316. The summed E-state index contributed by atoms with van der Waals surface area (Å²) in [5.74, 6) is -0.610. The highest BCUT2D eigenvalue weighted by atomic mass is 16.3. The van der Waals surface area contributed by atoms with Crippen LogP contribution >= 0.6 is 0 Å². The van der Waals surface area contributed by atoms with Crippen molar-refractivity contribution in [2.45, 2.75) is 250 Å². The number of aliphatic hydroxyl groups is 4. The molecule has 4 unspecified atom stereocenters. The predicted octanol–water partition coefficient (Wildman–Crippen LogP) is 12.1. The molecule has 0 aromatic heterocycles. The van der Waals surface area contributed by atoms with Gasteiger partial charge in [0.1, 0.15) is 12.2 Å². The van der Waals surface area contributed by atoms with Gasteiger partial charge in [0.25, 0.3) is 0 Å². The molecule has 0 aliphatic rings. The standard InChI is InChI=1S/C47H89NO5/c1-3-5-7-9-11-13-15-16-17-18-19-20-21-22-23-24-25-26-27-28-29-30-31-33-34-36-38-40-44(50)46(52)43(42-49)48-47(53)45(51)41-39-37-35-32-14-12-10-8-6-4-2/h10,12,28-29,33-34,43-46,49-52H,3-9,11,13-27,30-32,35-42H2,1-2H3,(H,48,53)/b12-10-,29-28+,34-33+. The third-order valence-corrected chi connectivity index (χ3v) is 10.6. The first-order valence-corrected chi connectivity index (χ1v) is 22.9. The molecule has 1 amide bonds. The van der Waals surface area contributed by atoms with Crippen LogP contribution in [-0.2, 0) is 4.79 Å². The van der Waals surface area contributed by atoms with Crippen LogP contribution in [0.1, 0.15) is 226 Å². The average Bonchev–Trinajstić information content (AvgIpc) is 3.16. The molecular weight excluding hydrogens is 659 g/mol. The molecule has 0 rings (SSSR count). The molecule has 312 valence electrons. The smallest absolute Gasteiger partial charge is 0.249 e. The summed E-state index contributed by atoms with van der Waals surface area (Å²) >= 11 is 0. The Balaban J connectivity index is 3.71. The van der Waals surface area contributed by atoms with E-state index >= 15 is 0 Å². The van der Waals surface area contributed by atoms with Crippen LogP contribution in [0.15, 0.2) is 36.5 Å². The molecule has 4 atom stereocenters. The Kier molecular flexibility index (Phi) is 40.5. The first kappa shape index (κ1) is 51.5. The lowest BCUT2D eigenvalue weighted by Crippen LogP contribution is -2.53. The van der Waals surface area contributed by atoms with E-state index < -0.39 is 36.9 Å². The maximum Gasteiger partial charge on any atom is 0.249 e. The maximum absolute atomic E-state index is 12.4. The van der Waals surface area contributed by atoms with Crippen molar-refractivity contribution in [3.8, 4) is 0 Å². The number of carbonyl (C=O) groups excluding carboxylic acids is 1. The molecule has 0 aliphatic heterocycles. The van der Waals surface area contributed by atoms with Gasteiger partial charge in [-0.1, -0.05) is 192 Å². The van der Waals surface area contributed by atoms with Crippen molar-refractivity contribution in [2.75, 3.05) is 6.61 Å². The second kappa shape index (κ2) is 41.7. The SMILES string of the molecule is CCCC/C=C\CCCCCCC(O)C(=O)NC(CO)C(O)C(O)CCC/C=C/CC/C=C/CCCCCCCCCCCCCCCCCCCC. The Morgan fingerprint density at radius 1 is 0.453 bits per heavy atom. The molecule has 0 radical (unpaired) electrons. The highest BCUT2D eigenvalue weighted by Crippen LogP contribution is 2.16. The summed E-state index contributed by atoms with van der Waals surface area (Å²) in [5.41, 5.74) is 0. The zero-order valence-corrected chi connectivity index (χ0v) is 35.0. The number of rotatable bonds is 41. The lowest BCUT2D eigenvalue weighted by molar-refractivity contribution is -0.132. The molecule has 53 heavy (non-hydrogen) atoms. The molecule has 0 bridgehead atoms. The number of aliphatic hydroxyl groups excluding tert-OH is 4. The average molecular weight is 748 g/mol. The summed E-state index contributed by atoms with van der Waals surface area (Å²) in [6.07, 6.45) is 49.2. The normalized spacial score (nSPS) is 14.5. The van der Waals surface area contributed by atoms with Gasteiger partial charge in [-0.05, 0) is 70.6 Å². The van der Waals surface area contributed by atoms with Gasteiger partial charge in [0.05, 0.1) is 18.8 Å². The molecule has 0 aromatic carbocycles. The minimum Gasteiger partial charge on any atom is -0.394 e. The van der Waals surface area contributed by atoms with Gasteiger partial charge in [-0.3, -0.25) is 4.79 Å². The summed E-state index contributed by atoms with van der Waals surface area (Å²) in [5, 5.41) is 43.5. The largest absolute Gasteiger partial charge is 0.394 e. The van der Waals surface area contributed by atoms with Crippen LogP contribution in [-0.4, -0.2) is 57.3 Å². The van der Waals surface area contributed by atoms with Crippen LogP contribution in [0.3, 0.4) is 0 Å². The second-order valence-electron chi connectivity index (χ2n) is 15.7. The molecular formula is C47H89NO5. The fourth-order valence-electron chi connectivity index (χ4n) is 6.87. The fourth-order valence-corrected chi connectivity index (χ4v) is 6.87. The maximum atomic E-state index is 12.4. The van der Waals surface area contributed by atoms with E-state index in [-0.39, 0.29) is 0 Å². The fraction of sp³-hybridized carbons (Fsp3) is 0.851. The Labute approximate surface area is 328 Å². The van der Waals surface area contributed by atoms with E-state index in [9.17, 15) is 25.2 Å². The van der Waals surface area contributed by atoms with Crippen LogP contribution in [0.2, 0.25) is 0 Å². The molecule has 0 aromatic rings. The topological polar surface area (TPSA) is 110 Å². The lowest BCUT2D eigenvalue weighted by Gasteiger charge is -2.27. The van der Waals surface area contributed by atoms with Crippen molar-refractivity contribution >= 4 is 5.91 Å². The summed E-state index contributed by atoms with van der Waals surface area (Å²) < 4.78 is 0. The van der Waals surface area contributed by atoms with Crippen LogP contribution in [0.4, 0.5) is 0 Å². The third-order valence-electron chi connectivity index (χ3n) is 10.6. The Bertz CT molecular complexity index is 843. The molecule has 0 fully saturated rings. The van der Waals surface area contributed by atoms with E-state index in [2.05, 4.69) is 55.6 Å². The summed E-state index contributed by atoms with van der Waals surface area (Å²) in [6.45, 7) is 3.98. The van der Waals surface area contributed by atoms with Crippen LogP contribution in [0.5, 0.6) is 0 Å². The summed E-state index contributed by atoms with van der Waals surface area (Å²) in [4.78, 5) is 12.4. The van der Waals surface area contributed by atoms with Crippen LogP contribution < -0.4 is 5.32 Å². The third kappa shape index (κ3) is 36.0. The molecule has 0 aliphatic carbocycles. The van der Waals surface area contributed by atoms with E-state index in [0.29, 0.717) is 19.3 Å². The van der Waals surface area contributed by atoms with E-state index in [4.69, 9.17) is 0 Å². The summed E-state index contributed by atoms with van der Waals surface area (Å²) in [6, 6.07) is -1.01. The Morgan fingerprint density at radius 3 is 1.25 bits per heavy atom. The van der Waals surface area contributed by atoms with Gasteiger partial charge in [-0.25, -0.2) is 0 Å². The van der Waals surface area contributed by atoms with Gasteiger partial charge in [0.2, 0.25) is 5.91 Å². The van der Waals surface area contributed by atoms with Gasteiger partial charge >= 0.3 is 0 Å². The van der Waals surface area contributed by atoms with E-state index in [1.165, 1.54) is 135 Å². The molecule has 0 saturated carbocycles. The number of nitrogens with one attached hydrogen (secondary N) is 1. The number of hydrogen-bond donors (Lipinski definition) is 5. The predicted molar refractivity (Wildman–Crippen MR) is 228 cm³/mol. The van der Waals surface area contributed by atoms with Crippen molar-refractivity contribution in [1.82, 2.24) is 5.32 Å². The van der Waals surface area contributed by atoms with E-state index in [0.717, 1.165) is 57.8 Å². The van der Waals surface area contributed by atoms with E-state index in [1.807, 2.05) is 0 Å². The molecule has 5 N–H and O–H groups in total. The molecule has 0 heterocycles. The van der Waals surface area contributed by atoms with E-state index in [1.54, 1.807) is 0 Å². The van der Waals surface area contributed by atoms with Crippen molar-refractivity contribution < 1.29 is 25.2 Å². The highest BCUT2D eigenvalue weighted by molar-refractivity contribution is 5.80. The zero-order valence-electron chi connectivity index (χ0n) is 35.0. The lowest BCUT2D eigenvalue weighted by atomic mass is 10.00. The first-order valence-electron chi connectivity index (χ1n) is 22.9. The first-order chi connectivity index (χ1) is 26.0. The molecule has 6 nitrogen and oxygen atoms in total. The monoisotopic (exact) mass is 748 g/mol. The van der Waals surface area contributed by atoms with Gasteiger partial charge in [-0.15, -0.1) is 0 Å². The second-order valence-corrected chi connectivity index (χ2v) is 15.7. The number of allylic oxidation sites excluding steroid dienone is 6. The highest BCUT2D eigenvalue weighted by Gasteiger charge is 2.28. The van der Waals surface area contributed by atoms with Gasteiger partial charge in [0.15, 0.2) is 0 Å². The van der Waals surface area contributed by atoms with Crippen molar-refractivity contribution in [3.05, 3.63) is 36.5 Å². The van der Waals surface area contributed by atoms with Crippen molar-refractivity contribution in [3.63, 3.8) is 0 Å². The molecule has 6 heteroatoms. The molecule has 0 spiro atoms. The zero-order chi connectivity index (χ0) is 38.9. The van der Waals surface area contributed by atoms with Gasteiger partial charge < -0.3 is 25.7 Å². The summed E-state index contributed by atoms with van der Waals surface area (Å²) in [7, 11) is 0. The minimum absolute atomic E-state index is 0.344.